The van der Waals surface area contributed by atoms with Crippen LogP contribution in [0.1, 0.15) is 10.5 Å². The van der Waals surface area contributed by atoms with E-state index in [-0.39, 0.29) is 11.6 Å². The standard InChI is InChI=1S/C19H16N4O2/c1-25-17-12-23(13-6-3-2-4-7-13)22-18(17)19(24)21-16-9-5-8-15-14(16)10-11-20-15/h2-12,20H,1H3,(H,21,24). The lowest BCUT2D eigenvalue weighted by Gasteiger charge is -2.06. The zero-order chi connectivity index (χ0) is 17.2. The summed E-state index contributed by atoms with van der Waals surface area (Å²) in [5.74, 6) is 0.0998. The molecule has 0 aliphatic carbocycles. The van der Waals surface area contributed by atoms with Gasteiger partial charge in [-0.2, -0.15) is 5.10 Å². The fourth-order valence-electron chi connectivity index (χ4n) is 2.75. The Hall–Kier alpha value is -3.54. The van der Waals surface area contributed by atoms with E-state index in [1.165, 1.54) is 7.11 Å². The third kappa shape index (κ3) is 2.74. The van der Waals surface area contributed by atoms with Crippen molar-refractivity contribution in [3.63, 3.8) is 0 Å². The molecule has 0 aliphatic rings. The summed E-state index contributed by atoms with van der Waals surface area (Å²) in [6, 6.07) is 17.2. The van der Waals surface area contributed by atoms with Crippen LogP contribution >= 0.6 is 0 Å². The number of para-hydroxylation sites is 1. The molecule has 0 aliphatic heterocycles. The van der Waals surface area contributed by atoms with Crippen LogP contribution in [0, 0.1) is 0 Å². The SMILES string of the molecule is COc1cn(-c2ccccc2)nc1C(=O)Nc1cccc2[nH]ccc12. The predicted molar refractivity (Wildman–Crippen MR) is 96.4 cm³/mol. The molecule has 2 aromatic heterocycles. The fourth-order valence-corrected chi connectivity index (χ4v) is 2.75. The Morgan fingerprint density at radius 1 is 1.12 bits per heavy atom. The van der Waals surface area contributed by atoms with E-state index in [9.17, 15) is 4.79 Å². The molecule has 124 valence electrons. The van der Waals surface area contributed by atoms with Crippen molar-refractivity contribution in [2.75, 3.05) is 12.4 Å². The maximum atomic E-state index is 12.7. The first-order valence-electron chi connectivity index (χ1n) is 7.83. The second kappa shape index (κ2) is 6.16. The number of methoxy groups -OCH3 is 1. The van der Waals surface area contributed by atoms with Crippen molar-refractivity contribution in [3.8, 4) is 11.4 Å². The van der Waals surface area contributed by atoms with Crippen molar-refractivity contribution < 1.29 is 9.53 Å². The van der Waals surface area contributed by atoms with Crippen LogP contribution in [-0.4, -0.2) is 27.8 Å². The predicted octanol–water partition coefficient (Wildman–Crippen LogP) is 3.61. The highest BCUT2D eigenvalue weighted by Gasteiger charge is 2.19. The molecule has 0 atom stereocenters. The third-order valence-corrected chi connectivity index (χ3v) is 3.98. The maximum Gasteiger partial charge on any atom is 0.280 e. The van der Waals surface area contributed by atoms with Gasteiger partial charge in [0.15, 0.2) is 11.4 Å². The van der Waals surface area contributed by atoms with E-state index in [4.69, 9.17) is 4.74 Å². The highest BCUT2D eigenvalue weighted by atomic mass is 16.5. The molecular weight excluding hydrogens is 316 g/mol. The highest BCUT2D eigenvalue weighted by molar-refractivity contribution is 6.09. The van der Waals surface area contributed by atoms with Gasteiger partial charge in [-0.3, -0.25) is 4.79 Å². The number of nitrogens with one attached hydrogen (secondary N) is 2. The number of hydrogen-bond acceptors (Lipinski definition) is 3. The summed E-state index contributed by atoms with van der Waals surface area (Å²) in [7, 11) is 1.52. The normalized spacial score (nSPS) is 10.8. The average Bonchev–Trinajstić information content (AvgIpc) is 3.30. The molecule has 6 nitrogen and oxygen atoms in total. The lowest BCUT2D eigenvalue weighted by Crippen LogP contribution is -2.14. The number of nitrogens with zero attached hydrogens (tertiary/aromatic N) is 2. The zero-order valence-electron chi connectivity index (χ0n) is 13.6. The topological polar surface area (TPSA) is 71.9 Å². The minimum Gasteiger partial charge on any atom is -0.493 e. The number of fused-ring (bicyclic) bond motifs is 1. The summed E-state index contributed by atoms with van der Waals surface area (Å²) in [4.78, 5) is 15.9. The van der Waals surface area contributed by atoms with Gasteiger partial charge in [0, 0.05) is 17.1 Å². The molecule has 0 unspecified atom stereocenters. The van der Waals surface area contributed by atoms with Gasteiger partial charge < -0.3 is 15.0 Å². The zero-order valence-corrected chi connectivity index (χ0v) is 13.6. The minimum atomic E-state index is -0.319. The van der Waals surface area contributed by atoms with E-state index < -0.39 is 0 Å². The van der Waals surface area contributed by atoms with Crippen LogP contribution in [0.4, 0.5) is 5.69 Å². The van der Waals surface area contributed by atoms with Gasteiger partial charge in [0.1, 0.15) is 0 Å². The number of aromatic amines is 1. The first-order valence-corrected chi connectivity index (χ1v) is 7.83. The molecule has 2 heterocycles. The fraction of sp³-hybridized carbons (Fsp3) is 0.0526. The van der Waals surface area contributed by atoms with Crippen molar-refractivity contribution in [2.45, 2.75) is 0 Å². The van der Waals surface area contributed by atoms with Crippen molar-refractivity contribution in [1.29, 1.82) is 0 Å². The number of hydrogen-bond donors (Lipinski definition) is 2. The number of carbonyl (C=O) groups is 1. The third-order valence-electron chi connectivity index (χ3n) is 3.98. The number of ether oxygens (including phenoxy) is 1. The summed E-state index contributed by atoms with van der Waals surface area (Å²) in [6.45, 7) is 0. The van der Waals surface area contributed by atoms with Crippen LogP contribution < -0.4 is 10.1 Å². The second-order valence-electron chi connectivity index (χ2n) is 5.52. The van der Waals surface area contributed by atoms with Gasteiger partial charge in [0.25, 0.3) is 5.91 Å². The van der Waals surface area contributed by atoms with Gasteiger partial charge in [-0.1, -0.05) is 24.3 Å². The number of rotatable bonds is 4. The summed E-state index contributed by atoms with van der Waals surface area (Å²) >= 11 is 0. The summed E-state index contributed by atoms with van der Waals surface area (Å²) in [5, 5.41) is 8.24. The van der Waals surface area contributed by atoms with Gasteiger partial charge in [-0.15, -0.1) is 0 Å². The van der Waals surface area contributed by atoms with Gasteiger partial charge in [-0.25, -0.2) is 4.68 Å². The van der Waals surface area contributed by atoms with Crippen LogP contribution in [0.3, 0.4) is 0 Å². The van der Waals surface area contributed by atoms with Gasteiger partial charge in [0.2, 0.25) is 0 Å². The Morgan fingerprint density at radius 3 is 2.76 bits per heavy atom. The van der Waals surface area contributed by atoms with Crippen LogP contribution in [0.2, 0.25) is 0 Å². The highest BCUT2D eigenvalue weighted by Crippen LogP contribution is 2.25. The van der Waals surface area contributed by atoms with E-state index in [0.29, 0.717) is 5.75 Å². The van der Waals surface area contributed by atoms with E-state index in [1.807, 2.05) is 60.8 Å². The molecule has 6 heteroatoms. The Kier molecular flexibility index (Phi) is 3.70. The lowest BCUT2D eigenvalue weighted by atomic mass is 10.2. The first kappa shape index (κ1) is 15.0. The molecule has 0 radical (unpaired) electrons. The molecule has 2 aromatic carbocycles. The second-order valence-corrected chi connectivity index (χ2v) is 5.52. The Balaban J connectivity index is 1.68. The van der Waals surface area contributed by atoms with Crippen LogP contribution in [0.25, 0.3) is 16.6 Å². The molecule has 4 aromatic rings. The van der Waals surface area contributed by atoms with Crippen LogP contribution in [-0.2, 0) is 0 Å². The van der Waals surface area contributed by atoms with E-state index in [1.54, 1.807) is 10.9 Å². The quantitative estimate of drug-likeness (QED) is 0.599. The monoisotopic (exact) mass is 332 g/mol. The molecule has 0 saturated heterocycles. The minimum absolute atomic E-state index is 0.235. The molecule has 0 fully saturated rings. The Labute approximate surface area is 144 Å². The molecule has 0 bridgehead atoms. The number of aromatic nitrogens is 3. The van der Waals surface area contributed by atoms with Crippen molar-refractivity contribution >= 4 is 22.5 Å². The molecule has 0 spiro atoms. The van der Waals surface area contributed by atoms with Crippen molar-refractivity contribution in [1.82, 2.24) is 14.8 Å². The number of H-pyrrole nitrogens is 1. The van der Waals surface area contributed by atoms with Gasteiger partial charge in [-0.05, 0) is 30.3 Å². The number of anilines is 1. The molecule has 2 N–H and O–H groups in total. The first-order chi connectivity index (χ1) is 12.3. The van der Waals surface area contributed by atoms with E-state index in [2.05, 4.69) is 15.4 Å². The number of amides is 1. The molecule has 0 saturated carbocycles. The van der Waals surface area contributed by atoms with Crippen LogP contribution in [0.5, 0.6) is 5.75 Å². The Bertz CT molecular complexity index is 1030. The molecule has 4 rings (SSSR count). The molecular formula is C19H16N4O2. The summed E-state index contributed by atoms with van der Waals surface area (Å²) in [5.41, 5.74) is 2.77. The van der Waals surface area contributed by atoms with E-state index >= 15 is 0 Å². The van der Waals surface area contributed by atoms with Crippen molar-refractivity contribution in [2.24, 2.45) is 0 Å². The Morgan fingerprint density at radius 2 is 1.96 bits per heavy atom. The maximum absolute atomic E-state index is 12.7. The summed E-state index contributed by atoms with van der Waals surface area (Å²) in [6.07, 6.45) is 3.53. The largest absolute Gasteiger partial charge is 0.493 e. The van der Waals surface area contributed by atoms with Crippen molar-refractivity contribution in [3.05, 3.63) is 72.7 Å². The molecule has 1 amide bonds. The number of benzene rings is 2. The lowest BCUT2D eigenvalue weighted by molar-refractivity contribution is 0.101. The number of carbonyl (C=O) groups excluding carboxylic acids is 1. The van der Waals surface area contributed by atoms with Crippen LogP contribution in [0.15, 0.2) is 67.0 Å². The molecule has 25 heavy (non-hydrogen) atoms. The van der Waals surface area contributed by atoms with Gasteiger partial charge >= 0.3 is 0 Å². The van der Waals surface area contributed by atoms with Gasteiger partial charge in [0.05, 0.1) is 24.7 Å². The van der Waals surface area contributed by atoms with E-state index in [0.717, 1.165) is 22.3 Å². The average molecular weight is 332 g/mol. The summed E-state index contributed by atoms with van der Waals surface area (Å²) < 4.78 is 6.96. The smallest absolute Gasteiger partial charge is 0.280 e.